The number of halogens is 4. The third kappa shape index (κ3) is 3.13. The van der Waals surface area contributed by atoms with Crippen molar-refractivity contribution in [2.75, 3.05) is 0 Å². The molecule has 0 saturated carbocycles. The maximum Gasteiger partial charge on any atom is 0.573 e. The molecule has 15 heavy (non-hydrogen) atoms. The van der Waals surface area contributed by atoms with Gasteiger partial charge in [0.2, 0.25) is 0 Å². The zero-order valence-electron chi connectivity index (χ0n) is 7.31. The number of hydrogen-bond acceptors (Lipinski definition) is 2. The van der Waals surface area contributed by atoms with Crippen LogP contribution in [0.4, 0.5) is 13.2 Å². The van der Waals surface area contributed by atoms with E-state index in [-0.39, 0.29) is 16.5 Å². The largest absolute Gasteiger partial charge is 0.573 e. The number of para-hydroxylation sites is 1. The fourth-order valence-corrected chi connectivity index (χ4v) is 1.46. The Morgan fingerprint density at radius 3 is 2.53 bits per heavy atom. The molecule has 1 aromatic rings. The summed E-state index contributed by atoms with van der Waals surface area (Å²) in [5, 5.41) is 8.81. The molecule has 0 fully saturated rings. The molecular weight excluding hydrogens is 275 g/mol. The summed E-state index contributed by atoms with van der Waals surface area (Å²) in [6.07, 6.45) is -4.79. The van der Waals surface area contributed by atoms with E-state index in [0.717, 1.165) is 0 Å². The number of ether oxygens (including phenoxy) is 1. The third-order valence-corrected chi connectivity index (χ3v) is 2.18. The summed E-state index contributed by atoms with van der Waals surface area (Å²) < 4.78 is 39.9. The summed E-state index contributed by atoms with van der Waals surface area (Å²) in [7, 11) is 0. The van der Waals surface area contributed by atoms with Gasteiger partial charge >= 0.3 is 6.36 Å². The minimum Gasteiger partial charge on any atom is -0.404 e. The SMILES string of the molecule is N#Cc1cccc(CBr)c1OC(F)(F)F. The summed E-state index contributed by atoms with van der Waals surface area (Å²) >= 11 is 3.02. The van der Waals surface area contributed by atoms with E-state index in [4.69, 9.17) is 5.26 Å². The van der Waals surface area contributed by atoms with Crippen LogP contribution < -0.4 is 4.74 Å². The Labute approximate surface area is 92.4 Å². The number of hydrogen-bond donors (Lipinski definition) is 0. The van der Waals surface area contributed by atoms with E-state index in [1.807, 2.05) is 0 Å². The lowest BCUT2D eigenvalue weighted by molar-refractivity contribution is -0.274. The summed E-state index contributed by atoms with van der Waals surface area (Å²) in [4.78, 5) is 0. The van der Waals surface area contributed by atoms with Gasteiger partial charge in [0, 0.05) is 10.9 Å². The van der Waals surface area contributed by atoms with E-state index in [9.17, 15) is 13.2 Å². The fraction of sp³-hybridized carbons (Fsp3) is 0.222. The Kier molecular flexibility index (Phi) is 3.58. The number of rotatable bonds is 2. The van der Waals surface area contributed by atoms with Crippen molar-refractivity contribution in [3.63, 3.8) is 0 Å². The van der Waals surface area contributed by atoms with Crippen molar-refractivity contribution in [1.82, 2.24) is 0 Å². The van der Waals surface area contributed by atoms with E-state index < -0.39 is 12.1 Å². The number of benzene rings is 1. The molecule has 0 aliphatic carbocycles. The highest BCUT2D eigenvalue weighted by Gasteiger charge is 2.33. The van der Waals surface area contributed by atoms with Gasteiger partial charge in [-0.2, -0.15) is 5.26 Å². The molecule has 0 aliphatic heterocycles. The maximum atomic E-state index is 12.0. The van der Waals surface area contributed by atoms with Crippen LogP contribution in [0.1, 0.15) is 11.1 Å². The lowest BCUT2D eigenvalue weighted by Gasteiger charge is -2.13. The van der Waals surface area contributed by atoms with E-state index in [0.29, 0.717) is 0 Å². The molecule has 1 rings (SSSR count). The topological polar surface area (TPSA) is 33.0 Å². The van der Waals surface area contributed by atoms with Gasteiger partial charge in [0.25, 0.3) is 0 Å². The van der Waals surface area contributed by atoms with Gasteiger partial charge in [-0.3, -0.25) is 0 Å². The first kappa shape index (κ1) is 11.9. The predicted molar refractivity (Wildman–Crippen MR) is 50.5 cm³/mol. The second-order valence-corrected chi connectivity index (χ2v) is 3.15. The highest BCUT2D eigenvalue weighted by molar-refractivity contribution is 9.08. The lowest BCUT2D eigenvalue weighted by atomic mass is 10.1. The molecule has 0 unspecified atom stereocenters. The summed E-state index contributed by atoms with van der Waals surface area (Å²) in [5.41, 5.74) is 0.149. The first-order valence-electron chi connectivity index (χ1n) is 3.81. The number of alkyl halides is 4. The standard InChI is InChI=1S/C9H5BrF3NO/c10-4-6-2-1-3-7(5-14)8(6)15-9(11,12)13/h1-3H,4H2. The lowest BCUT2D eigenvalue weighted by Crippen LogP contribution is -2.18. The molecule has 0 aromatic heterocycles. The predicted octanol–water partition coefficient (Wildman–Crippen LogP) is 3.35. The molecule has 0 amide bonds. The third-order valence-electron chi connectivity index (χ3n) is 1.58. The molecule has 0 aliphatic rings. The van der Waals surface area contributed by atoms with Gasteiger partial charge in [0.05, 0.1) is 5.56 Å². The summed E-state index contributed by atoms with van der Waals surface area (Å²) in [6, 6.07) is 5.87. The first-order chi connectivity index (χ1) is 6.98. The minimum atomic E-state index is -4.79. The molecule has 80 valence electrons. The second-order valence-electron chi connectivity index (χ2n) is 2.59. The van der Waals surface area contributed by atoms with Gasteiger partial charge in [0.15, 0.2) is 5.75 Å². The molecule has 0 bridgehead atoms. The van der Waals surface area contributed by atoms with Crippen molar-refractivity contribution in [3.8, 4) is 11.8 Å². The highest BCUT2D eigenvalue weighted by Crippen LogP contribution is 2.30. The van der Waals surface area contributed by atoms with Crippen molar-refractivity contribution in [2.24, 2.45) is 0 Å². The Balaban J connectivity index is 3.18. The zero-order valence-corrected chi connectivity index (χ0v) is 8.89. The van der Waals surface area contributed by atoms with Crippen LogP contribution in [0, 0.1) is 11.3 Å². The maximum absolute atomic E-state index is 12.0. The van der Waals surface area contributed by atoms with Crippen molar-refractivity contribution in [3.05, 3.63) is 29.3 Å². The van der Waals surface area contributed by atoms with Crippen LogP contribution in [0.15, 0.2) is 18.2 Å². The fourth-order valence-electron chi connectivity index (χ4n) is 1.01. The van der Waals surface area contributed by atoms with Gasteiger partial charge in [-0.25, -0.2) is 0 Å². The van der Waals surface area contributed by atoms with E-state index in [1.165, 1.54) is 18.2 Å². The smallest absolute Gasteiger partial charge is 0.404 e. The number of nitriles is 1. The quantitative estimate of drug-likeness (QED) is 0.778. The van der Waals surface area contributed by atoms with Crippen LogP contribution in [0.5, 0.6) is 5.75 Å². The molecule has 0 atom stereocenters. The summed E-state index contributed by atoms with van der Waals surface area (Å²) in [6.45, 7) is 0. The molecule has 0 heterocycles. The minimum absolute atomic E-state index is 0.135. The molecule has 1 aromatic carbocycles. The Morgan fingerprint density at radius 1 is 1.40 bits per heavy atom. The van der Waals surface area contributed by atoms with Crippen LogP contribution in [0.2, 0.25) is 0 Å². The normalized spacial score (nSPS) is 10.9. The van der Waals surface area contributed by atoms with Crippen LogP contribution in [-0.4, -0.2) is 6.36 Å². The average molecular weight is 280 g/mol. The highest BCUT2D eigenvalue weighted by atomic mass is 79.9. The van der Waals surface area contributed by atoms with Crippen molar-refractivity contribution in [1.29, 1.82) is 5.26 Å². The van der Waals surface area contributed by atoms with E-state index >= 15 is 0 Å². The van der Waals surface area contributed by atoms with Crippen molar-refractivity contribution >= 4 is 15.9 Å². The van der Waals surface area contributed by atoms with Gasteiger partial charge in [-0.15, -0.1) is 13.2 Å². The Morgan fingerprint density at radius 2 is 2.07 bits per heavy atom. The second kappa shape index (κ2) is 4.53. The molecular formula is C9H5BrF3NO. The Bertz CT molecular complexity index is 397. The zero-order chi connectivity index (χ0) is 11.5. The van der Waals surface area contributed by atoms with Gasteiger partial charge in [0.1, 0.15) is 6.07 Å². The van der Waals surface area contributed by atoms with Crippen molar-refractivity contribution < 1.29 is 17.9 Å². The monoisotopic (exact) mass is 279 g/mol. The van der Waals surface area contributed by atoms with Crippen LogP contribution in [-0.2, 0) is 5.33 Å². The van der Waals surface area contributed by atoms with Gasteiger partial charge in [-0.1, -0.05) is 28.1 Å². The van der Waals surface area contributed by atoms with E-state index in [2.05, 4.69) is 20.7 Å². The molecule has 0 radical (unpaired) electrons. The molecule has 0 N–H and O–H groups in total. The van der Waals surface area contributed by atoms with Crippen LogP contribution in [0.25, 0.3) is 0 Å². The first-order valence-corrected chi connectivity index (χ1v) is 4.94. The van der Waals surface area contributed by atoms with Crippen molar-refractivity contribution in [2.45, 2.75) is 11.7 Å². The Hall–Kier alpha value is -1.22. The number of nitrogens with zero attached hydrogens (tertiary/aromatic N) is 1. The summed E-state index contributed by atoms with van der Waals surface area (Å²) in [5.74, 6) is -0.440. The van der Waals surface area contributed by atoms with Crippen LogP contribution >= 0.6 is 15.9 Å². The molecule has 6 heteroatoms. The van der Waals surface area contributed by atoms with Crippen LogP contribution in [0.3, 0.4) is 0 Å². The average Bonchev–Trinajstić information content (AvgIpc) is 2.16. The molecule has 2 nitrogen and oxygen atoms in total. The van der Waals surface area contributed by atoms with Gasteiger partial charge < -0.3 is 4.74 Å². The molecule has 0 saturated heterocycles. The molecule has 0 spiro atoms. The van der Waals surface area contributed by atoms with Gasteiger partial charge in [-0.05, 0) is 6.07 Å². The van der Waals surface area contributed by atoms with E-state index in [1.54, 1.807) is 6.07 Å².